The van der Waals surface area contributed by atoms with Gasteiger partial charge < -0.3 is 10.2 Å². The summed E-state index contributed by atoms with van der Waals surface area (Å²) in [7, 11) is 0. The van der Waals surface area contributed by atoms with Gasteiger partial charge >= 0.3 is 0 Å². The van der Waals surface area contributed by atoms with E-state index >= 15 is 0 Å². The SMILES string of the molecule is CC(=O)N(CCNC(=O)Cc1ccccc1C)c1ccc(F)c(F)c1F. The summed E-state index contributed by atoms with van der Waals surface area (Å²) >= 11 is 0. The zero-order valence-corrected chi connectivity index (χ0v) is 14.5. The van der Waals surface area contributed by atoms with Gasteiger partial charge in [-0.3, -0.25) is 9.59 Å². The topological polar surface area (TPSA) is 49.4 Å². The van der Waals surface area contributed by atoms with Crippen molar-refractivity contribution in [3.63, 3.8) is 0 Å². The largest absolute Gasteiger partial charge is 0.354 e. The number of nitrogens with zero attached hydrogens (tertiary/aromatic N) is 1. The summed E-state index contributed by atoms with van der Waals surface area (Å²) in [6.45, 7) is 3.04. The molecule has 7 heteroatoms. The van der Waals surface area contributed by atoms with E-state index in [1.807, 2.05) is 31.2 Å². The van der Waals surface area contributed by atoms with Gasteiger partial charge in [0.25, 0.3) is 0 Å². The first kappa shape index (κ1) is 19.5. The van der Waals surface area contributed by atoms with E-state index in [2.05, 4.69) is 5.32 Å². The van der Waals surface area contributed by atoms with E-state index in [0.717, 1.165) is 28.2 Å². The fourth-order valence-corrected chi connectivity index (χ4v) is 2.52. The first-order valence-corrected chi connectivity index (χ1v) is 8.04. The van der Waals surface area contributed by atoms with Gasteiger partial charge in [0.2, 0.25) is 11.8 Å². The lowest BCUT2D eigenvalue weighted by atomic mass is 10.1. The number of amides is 2. The summed E-state index contributed by atoms with van der Waals surface area (Å²) < 4.78 is 40.3. The maximum absolute atomic E-state index is 13.9. The predicted molar refractivity (Wildman–Crippen MR) is 92.2 cm³/mol. The Morgan fingerprint density at radius 3 is 2.38 bits per heavy atom. The van der Waals surface area contributed by atoms with Gasteiger partial charge in [-0.25, -0.2) is 13.2 Å². The Bertz CT molecular complexity index is 824. The first-order valence-electron chi connectivity index (χ1n) is 8.04. The number of rotatable bonds is 6. The minimum atomic E-state index is -1.64. The molecule has 0 saturated heterocycles. The van der Waals surface area contributed by atoms with Crippen LogP contribution >= 0.6 is 0 Å². The normalized spacial score (nSPS) is 10.5. The Balaban J connectivity index is 1.99. The molecule has 0 atom stereocenters. The van der Waals surface area contributed by atoms with Gasteiger partial charge in [0.15, 0.2) is 17.5 Å². The molecule has 0 aliphatic carbocycles. The number of halogens is 3. The molecule has 0 bridgehead atoms. The predicted octanol–water partition coefficient (Wildman–Crippen LogP) is 3.12. The van der Waals surface area contributed by atoms with Crippen LogP contribution in [0.25, 0.3) is 0 Å². The molecule has 1 N–H and O–H groups in total. The number of carbonyl (C=O) groups is 2. The van der Waals surface area contributed by atoms with Crippen LogP contribution in [0.1, 0.15) is 18.1 Å². The Morgan fingerprint density at radius 2 is 1.73 bits per heavy atom. The fraction of sp³-hybridized carbons (Fsp3) is 0.263. The van der Waals surface area contributed by atoms with Crippen molar-refractivity contribution in [3.05, 3.63) is 65.0 Å². The Morgan fingerprint density at radius 1 is 1.04 bits per heavy atom. The van der Waals surface area contributed by atoms with E-state index in [9.17, 15) is 22.8 Å². The molecule has 0 fully saturated rings. The molecule has 2 aromatic carbocycles. The second-order valence-electron chi connectivity index (χ2n) is 5.82. The smallest absolute Gasteiger partial charge is 0.224 e. The van der Waals surface area contributed by atoms with Crippen LogP contribution in [0.4, 0.5) is 18.9 Å². The van der Waals surface area contributed by atoms with E-state index in [4.69, 9.17) is 0 Å². The van der Waals surface area contributed by atoms with E-state index in [1.165, 1.54) is 6.92 Å². The molecule has 0 radical (unpaired) electrons. The highest BCUT2D eigenvalue weighted by Gasteiger charge is 2.21. The van der Waals surface area contributed by atoms with Crippen molar-refractivity contribution < 1.29 is 22.8 Å². The standard InChI is InChI=1S/C19H19F3N2O2/c1-12-5-3-4-6-14(12)11-17(26)23-9-10-24(13(2)25)16-8-7-15(20)18(21)19(16)22/h3-8H,9-11H2,1-2H3,(H,23,26). The van der Waals surface area contributed by atoms with Crippen LogP contribution < -0.4 is 10.2 Å². The van der Waals surface area contributed by atoms with Crippen LogP contribution in [0, 0.1) is 24.4 Å². The molecule has 0 aliphatic rings. The highest BCUT2D eigenvalue weighted by molar-refractivity contribution is 5.91. The van der Waals surface area contributed by atoms with Crippen molar-refractivity contribution in [2.75, 3.05) is 18.0 Å². The zero-order valence-electron chi connectivity index (χ0n) is 14.5. The number of benzene rings is 2. The van der Waals surface area contributed by atoms with Crippen LogP contribution in [0.2, 0.25) is 0 Å². The molecule has 2 rings (SSSR count). The maximum atomic E-state index is 13.9. The van der Waals surface area contributed by atoms with Crippen LogP contribution in [-0.4, -0.2) is 24.9 Å². The van der Waals surface area contributed by atoms with E-state index < -0.39 is 23.4 Å². The maximum Gasteiger partial charge on any atom is 0.224 e. The quantitative estimate of drug-likeness (QED) is 0.801. The van der Waals surface area contributed by atoms with Gasteiger partial charge in [-0.2, -0.15) is 0 Å². The molecule has 4 nitrogen and oxygen atoms in total. The second-order valence-corrected chi connectivity index (χ2v) is 5.82. The number of anilines is 1. The summed E-state index contributed by atoms with van der Waals surface area (Å²) in [6.07, 6.45) is 0.173. The summed E-state index contributed by atoms with van der Waals surface area (Å²) in [5, 5.41) is 2.64. The molecule has 0 aromatic heterocycles. The van der Waals surface area contributed by atoms with Crippen LogP contribution in [0.3, 0.4) is 0 Å². The molecule has 0 aliphatic heterocycles. The first-order chi connectivity index (χ1) is 12.3. The van der Waals surface area contributed by atoms with Gasteiger partial charge in [-0.05, 0) is 30.2 Å². The molecule has 0 heterocycles. The third-order valence-electron chi connectivity index (χ3n) is 3.96. The minimum absolute atomic E-state index is 0.0444. The zero-order chi connectivity index (χ0) is 19.3. The summed E-state index contributed by atoms with van der Waals surface area (Å²) in [4.78, 5) is 24.7. The third-order valence-corrected chi connectivity index (χ3v) is 3.96. The van der Waals surface area contributed by atoms with E-state index in [-0.39, 0.29) is 31.1 Å². The molecular weight excluding hydrogens is 345 g/mol. The minimum Gasteiger partial charge on any atom is -0.354 e. The summed E-state index contributed by atoms with van der Waals surface area (Å²) in [5.74, 6) is -5.22. The molecule has 0 saturated carbocycles. The van der Waals surface area contributed by atoms with Crippen molar-refractivity contribution in [2.24, 2.45) is 0 Å². The van der Waals surface area contributed by atoms with Gasteiger partial charge in [0.1, 0.15) is 0 Å². The van der Waals surface area contributed by atoms with Gasteiger partial charge in [-0.15, -0.1) is 0 Å². The molecule has 2 amide bonds. The number of carbonyl (C=O) groups excluding carboxylic acids is 2. The van der Waals surface area contributed by atoms with Crippen LogP contribution in [-0.2, 0) is 16.0 Å². The van der Waals surface area contributed by atoms with Crippen LogP contribution in [0.5, 0.6) is 0 Å². The summed E-state index contributed by atoms with van der Waals surface area (Å²) in [5.41, 5.74) is 1.49. The molecule has 138 valence electrons. The molecule has 26 heavy (non-hydrogen) atoms. The number of hydrogen-bond acceptors (Lipinski definition) is 2. The van der Waals surface area contributed by atoms with Crippen molar-refractivity contribution >= 4 is 17.5 Å². The second kappa shape index (κ2) is 8.51. The van der Waals surface area contributed by atoms with Crippen molar-refractivity contribution in [1.82, 2.24) is 5.32 Å². The number of nitrogens with one attached hydrogen (secondary N) is 1. The fourth-order valence-electron chi connectivity index (χ4n) is 2.52. The van der Waals surface area contributed by atoms with Gasteiger partial charge in [0, 0.05) is 20.0 Å². The highest BCUT2D eigenvalue weighted by atomic mass is 19.2. The lowest BCUT2D eigenvalue weighted by molar-refractivity contribution is -0.121. The summed E-state index contributed by atoms with van der Waals surface area (Å²) in [6, 6.07) is 9.18. The highest BCUT2D eigenvalue weighted by Crippen LogP contribution is 2.23. The Kier molecular flexibility index (Phi) is 6.38. The average molecular weight is 364 g/mol. The molecule has 0 unspecified atom stereocenters. The molecule has 2 aromatic rings. The monoisotopic (exact) mass is 364 g/mol. The lowest BCUT2D eigenvalue weighted by Gasteiger charge is -2.22. The van der Waals surface area contributed by atoms with Crippen molar-refractivity contribution in [2.45, 2.75) is 20.3 Å². The Hall–Kier alpha value is -2.83. The average Bonchev–Trinajstić information content (AvgIpc) is 2.59. The third kappa shape index (κ3) is 4.62. The van der Waals surface area contributed by atoms with Crippen molar-refractivity contribution in [1.29, 1.82) is 0 Å². The number of hydrogen-bond donors (Lipinski definition) is 1. The number of aryl methyl sites for hydroxylation is 1. The molecule has 0 spiro atoms. The van der Waals surface area contributed by atoms with Crippen LogP contribution in [0.15, 0.2) is 36.4 Å². The lowest BCUT2D eigenvalue weighted by Crippen LogP contribution is -2.38. The van der Waals surface area contributed by atoms with Crippen molar-refractivity contribution in [3.8, 4) is 0 Å². The Labute approximate surface area is 149 Å². The van der Waals surface area contributed by atoms with E-state index in [1.54, 1.807) is 0 Å². The van der Waals surface area contributed by atoms with E-state index in [0.29, 0.717) is 0 Å². The van der Waals surface area contributed by atoms with Gasteiger partial charge in [0.05, 0.1) is 12.1 Å². The molecular formula is C19H19F3N2O2. The van der Waals surface area contributed by atoms with Gasteiger partial charge in [-0.1, -0.05) is 24.3 Å².